The summed E-state index contributed by atoms with van der Waals surface area (Å²) in [7, 11) is 3.39. The Morgan fingerprint density at radius 2 is 1.75 bits per heavy atom. The summed E-state index contributed by atoms with van der Waals surface area (Å²) in [6.07, 6.45) is -4.30. The standard InChI is InChI=1S/C26H31F3N4O3/c1-5-24(34)33-17(2)14-19-15-23(36-26(27,28)29)22(35-4)16-21(19)25(30-33)18-6-8-20(9-7-18)32-12-10-31(3)11-13-32/h6-9,15-17H,5,10-14H2,1-4H3. The number of alkyl halides is 3. The quantitative estimate of drug-likeness (QED) is 0.609. The van der Waals surface area contributed by atoms with E-state index in [2.05, 4.69) is 21.6 Å². The number of fused-ring (bicyclic) bond motifs is 1. The van der Waals surface area contributed by atoms with Gasteiger partial charge in [0, 0.05) is 49.4 Å². The Morgan fingerprint density at radius 1 is 1.08 bits per heavy atom. The molecule has 4 rings (SSSR count). The largest absolute Gasteiger partial charge is 0.573 e. The van der Waals surface area contributed by atoms with E-state index in [4.69, 9.17) is 9.84 Å². The van der Waals surface area contributed by atoms with Crippen LogP contribution >= 0.6 is 0 Å². The molecule has 2 aromatic rings. The number of rotatable bonds is 5. The molecule has 7 nitrogen and oxygen atoms in total. The second kappa shape index (κ2) is 10.4. The number of hydrogen-bond acceptors (Lipinski definition) is 6. The van der Waals surface area contributed by atoms with Crippen LogP contribution in [0.25, 0.3) is 0 Å². The van der Waals surface area contributed by atoms with Crippen molar-refractivity contribution in [2.45, 2.75) is 39.1 Å². The highest BCUT2D eigenvalue weighted by molar-refractivity contribution is 6.14. The first kappa shape index (κ1) is 25.8. The summed E-state index contributed by atoms with van der Waals surface area (Å²) in [5.74, 6) is -0.646. The predicted octanol–water partition coefficient (Wildman–Crippen LogP) is 4.28. The average molecular weight is 505 g/mol. The Balaban J connectivity index is 1.78. The zero-order chi connectivity index (χ0) is 26.0. The number of anilines is 1. The minimum atomic E-state index is -4.86. The molecule has 2 aliphatic rings. The van der Waals surface area contributed by atoms with E-state index in [9.17, 15) is 18.0 Å². The van der Waals surface area contributed by atoms with Crippen LogP contribution in [-0.2, 0) is 11.2 Å². The van der Waals surface area contributed by atoms with Gasteiger partial charge in [-0.2, -0.15) is 5.10 Å². The highest BCUT2D eigenvalue weighted by Crippen LogP contribution is 2.37. The van der Waals surface area contributed by atoms with Crippen molar-refractivity contribution in [3.63, 3.8) is 0 Å². The monoisotopic (exact) mass is 504 g/mol. The molecule has 2 aliphatic heterocycles. The molecule has 1 unspecified atom stereocenters. The van der Waals surface area contributed by atoms with Crippen LogP contribution in [0.2, 0.25) is 0 Å². The molecule has 0 aliphatic carbocycles. The molecule has 2 aromatic carbocycles. The fraction of sp³-hybridized carbons (Fsp3) is 0.462. The van der Waals surface area contributed by atoms with Crippen molar-refractivity contribution in [3.05, 3.63) is 53.1 Å². The number of ether oxygens (including phenoxy) is 2. The maximum Gasteiger partial charge on any atom is 0.573 e. The number of likely N-dealkylation sites (N-methyl/N-ethyl adjacent to an activating group) is 1. The first-order valence-electron chi connectivity index (χ1n) is 12.0. The van der Waals surface area contributed by atoms with E-state index in [1.807, 2.05) is 31.2 Å². The third-order valence-corrected chi connectivity index (χ3v) is 6.58. The van der Waals surface area contributed by atoms with E-state index in [1.54, 1.807) is 6.92 Å². The SMILES string of the molecule is CCC(=O)N1N=C(c2ccc(N3CCN(C)CC3)cc2)c2cc(OC)c(OC(F)(F)F)cc2CC1C. The number of halogens is 3. The van der Waals surface area contributed by atoms with E-state index in [-0.39, 0.29) is 24.1 Å². The maximum atomic E-state index is 13.1. The number of nitrogens with zero attached hydrogens (tertiary/aromatic N) is 4. The molecule has 0 N–H and O–H groups in total. The predicted molar refractivity (Wildman–Crippen MR) is 132 cm³/mol. The lowest BCUT2D eigenvalue weighted by Crippen LogP contribution is -2.44. The Bertz CT molecular complexity index is 1130. The Kier molecular flexibility index (Phi) is 7.44. The number of amides is 1. The smallest absolute Gasteiger partial charge is 0.493 e. The maximum absolute atomic E-state index is 13.1. The summed E-state index contributed by atoms with van der Waals surface area (Å²) in [6, 6.07) is 10.4. The fourth-order valence-corrected chi connectivity index (χ4v) is 4.59. The highest BCUT2D eigenvalue weighted by atomic mass is 19.4. The van der Waals surface area contributed by atoms with Gasteiger partial charge in [0.2, 0.25) is 5.91 Å². The van der Waals surface area contributed by atoms with Gasteiger partial charge in [0.1, 0.15) is 0 Å². The highest BCUT2D eigenvalue weighted by Gasteiger charge is 2.34. The molecule has 10 heteroatoms. The zero-order valence-electron chi connectivity index (χ0n) is 20.9. The van der Waals surface area contributed by atoms with Gasteiger partial charge in [-0.15, -0.1) is 13.2 Å². The third kappa shape index (κ3) is 5.59. The van der Waals surface area contributed by atoms with Crippen LogP contribution in [0, 0.1) is 0 Å². The summed E-state index contributed by atoms with van der Waals surface area (Å²) in [5.41, 5.74) is 3.53. The van der Waals surface area contributed by atoms with Gasteiger partial charge in [0.05, 0.1) is 18.9 Å². The van der Waals surface area contributed by atoms with E-state index < -0.39 is 12.1 Å². The zero-order valence-corrected chi connectivity index (χ0v) is 20.9. The van der Waals surface area contributed by atoms with E-state index >= 15 is 0 Å². The summed E-state index contributed by atoms with van der Waals surface area (Å²) in [6.45, 7) is 7.40. The van der Waals surface area contributed by atoms with Gasteiger partial charge in [-0.1, -0.05) is 19.1 Å². The molecule has 0 saturated carbocycles. The molecule has 0 aromatic heterocycles. The normalized spacial score (nSPS) is 18.9. The van der Waals surface area contributed by atoms with Crippen molar-refractivity contribution in [1.29, 1.82) is 0 Å². The molecule has 1 atom stereocenters. The summed E-state index contributed by atoms with van der Waals surface area (Å²) in [4.78, 5) is 17.3. The molecular formula is C26H31F3N4O3. The number of hydrazone groups is 1. The summed E-state index contributed by atoms with van der Waals surface area (Å²) < 4.78 is 48.6. The van der Waals surface area contributed by atoms with Crippen molar-refractivity contribution in [2.24, 2.45) is 5.10 Å². The molecule has 1 fully saturated rings. The topological polar surface area (TPSA) is 57.6 Å². The number of methoxy groups -OCH3 is 1. The van der Waals surface area contributed by atoms with E-state index in [0.29, 0.717) is 23.3 Å². The molecule has 1 amide bonds. The molecule has 1 saturated heterocycles. The second-order valence-electron chi connectivity index (χ2n) is 9.14. The summed E-state index contributed by atoms with van der Waals surface area (Å²) in [5, 5.41) is 6.16. The molecule has 194 valence electrons. The number of hydrogen-bond donors (Lipinski definition) is 0. The number of benzene rings is 2. The van der Waals surface area contributed by atoms with Crippen LogP contribution in [-0.4, -0.2) is 74.3 Å². The van der Waals surface area contributed by atoms with Crippen LogP contribution in [0.5, 0.6) is 11.5 Å². The van der Waals surface area contributed by atoms with E-state index in [1.165, 1.54) is 24.3 Å². The summed E-state index contributed by atoms with van der Waals surface area (Å²) >= 11 is 0. The van der Waals surface area contributed by atoms with Gasteiger partial charge in [-0.05, 0) is 50.2 Å². The van der Waals surface area contributed by atoms with Crippen molar-refractivity contribution in [2.75, 3.05) is 45.2 Å². The van der Waals surface area contributed by atoms with Gasteiger partial charge in [-0.3, -0.25) is 4.79 Å². The Morgan fingerprint density at radius 3 is 2.33 bits per heavy atom. The van der Waals surface area contributed by atoms with Gasteiger partial charge in [0.25, 0.3) is 0 Å². The average Bonchev–Trinajstić information content (AvgIpc) is 2.98. The molecule has 2 heterocycles. The third-order valence-electron chi connectivity index (χ3n) is 6.58. The van der Waals surface area contributed by atoms with E-state index in [0.717, 1.165) is 37.4 Å². The van der Waals surface area contributed by atoms with Gasteiger partial charge in [-0.25, -0.2) is 5.01 Å². The molecule has 0 radical (unpaired) electrons. The number of carbonyl (C=O) groups excluding carboxylic acids is 1. The van der Waals surface area contributed by atoms with Crippen LogP contribution < -0.4 is 14.4 Å². The lowest BCUT2D eigenvalue weighted by molar-refractivity contribution is -0.275. The number of piperazine rings is 1. The lowest BCUT2D eigenvalue weighted by atomic mass is 9.94. The van der Waals surface area contributed by atoms with Crippen molar-refractivity contribution >= 4 is 17.3 Å². The molecule has 0 bridgehead atoms. The first-order valence-corrected chi connectivity index (χ1v) is 12.0. The Labute approximate surface area is 209 Å². The minimum absolute atomic E-state index is 0.0595. The van der Waals surface area contributed by atoms with Gasteiger partial charge in [0.15, 0.2) is 11.5 Å². The fourth-order valence-electron chi connectivity index (χ4n) is 4.59. The van der Waals surface area contributed by atoms with Crippen molar-refractivity contribution < 1.29 is 27.4 Å². The van der Waals surface area contributed by atoms with Crippen LogP contribution in [0.3, 0.4) is 0 Å². The number of carbonyl (C=O) groups is 1. The minimum Gasteiger partial charge on any atom is -0.493 e. The molecule has 0 spiro atoms. The second-order valence-corrected chi connectivity index (χ2v) is 9.14. The van der Waals surface area contributed by atoms with Crippen LogP contribution in [0.15, 0.2) is 41.5 Å². The van der Waals surface area contributed by atoms with Crippen molar-refractivity contribution in [1.82, 2.24) is 9.91 Å². The van der Waals surface area contributed by atoms with Crippen molar-refractivity contribution in [3.8, 4) is 11.5 Å². The van der Waals surface area contributed by atoms with Gasteiger partial charge < -0.3 is 19.3 Å². The van der Waals surface area contributed by atoms with Crippen LogP contribution in [0.4, 0.5) is 18.9 Å². The lowest BCUT2D eigenvalue weighted by Gasteiger charge is -2.34. The first-order chi connectivity index (χ1) is 17.1. The molecule has 36 heavy (non-hydrogen) atoms. The molecular weight excluding hydrogens is 473 g/mol. The van der Waals surface area contributed by atoms with Gasteiger partial charge >= 0.3 is 6.36 Å². The Hall–Kier alpha value is -3.27. The van der Waals surface area contributed by atoms with Crippen LogP contribution in [0.1, 0.15) is 37.0 Å².